The highest BCUT2D eigenvalue weighted by Crippen LogP contribution is 2.44. The second kappa shape index (κ2) is 4.50. The minimum absolute atomic E-state index is 0.0371. The van der Waals surface area contributed by atoms with Crippen molar-refractivity contribution in [2.75, 3.05) is 5.32 Å². The molecule has 112 valence electrons. The lowest BCUT2D eigenvalue weighted by Gasteiger charge is -2.38. The van der Waals surface area contributed by atoms with E-state index in [-0.39, 0.29) is 17.2 Å². The average molecular weight is 295 g/mol. The fraction of sp³-hybridized carbons (Fsp3) is 0.375. The number of carbonyl (C=O) groups excluding carboxylic acids is 1. The summed E-state index contributed by atoms with van der Waals surface area (Å²) in [6.07, 6.45) is 6.42. The van der Waals surface area contributed by atoms with Crippen LogP contribution in [0, 0.1) is 5.41 Å². The Morgan fingerprint density at radius 3 is 3.00 bits per heavy atom. The molecule has 1 unspecified atom stereocenters. The summed E-state index contributed by atoms with van der Waals surface area (Å²) in [5.74, 6) is 0.854. The lowest BCUT2D eigenvalue weighted by Crippen LogP contribution is -2.36. The van der Waals surface area contributed by atoms with Crippen LogP contribution in [0.2, 0.25) is 0 Å². The van der Waals surface area contributed by atoms with Gasteiger partial charge in [-0.3, -0.25) is 9.78 Å². The molecule has 2 aromatic heterocycles. The maximum absolute atomic E-state index is 12.8. The van der Waals surface area contributed by atoms with Crippen molar-refractivity contribution in [1.82, 2.24) is 19.7 Å². The van der Waals surface area contributed by atoms with E-state index in [0.29, 0.717) is 12.4 Å². The number of pyridine rings is 1. The summed E-state index contributed by atoms with van der Waals surface area (Å²) < 4.78 is 1.77. The van der Waals surface area contributed by atoms with Crippen molar-refractivity contribution < 1.29 is 4.79 Å². The zero-order valence-corrected chi connectivity index (χ0v) is 12.6. The van der Waals surface area contributed by atoms with E-state index in [9.17, 15) is 4.79 Å². The van der Waals surface area contributed by atoms with Gasteiger partial charge in [-0.1, -0.05) is 19.9 Å². The maximum Gasteiger partial charge on any atom is 0.226 e. The number of aromatic nitrogens is 4. The standard InChI is InChI=1S/C16H17N5O/c1-16(2)6-11-13(12(22)7-16)14(10-4-3-5-17-8-10)21-15(20-11)18-9-19-21/h3-5,8-9,14H,6-7H2,1-2H3,(H,18,19,20). The second-order valence-electron chi connectivity index (χ2n) is 6.68. The lowest BCUT2D eigenvalue weighted by molar-refractivity contribution is -0.118. The van der Waals surface area contributed by atoms with Crippen molar-refractivity contribution in [3.63, 3.8) is 0 Å². The highest BCUT2D eigenvalue weighted by atomic mass is 16.1. The Bertz CT molecular complexity index is 775. The molecule has 6 heteroatoms. The number of allylic oxidation sites excluding steroid dienone is 2. The Morgan fingerprint density at radius 1 is 1.36 bits per heavy atom. The molecule has 0 amide bonds. The molecule has 0 fully saturated rings. The molecule has 0 spiro atoms. The van der Waals surface area contributed by atoms with Crippen LogP contribution in [0.1, 0.15) is 38.3 Å². The molecule has 1 aliphatic carbocycles. The van der Waals surface area contributed by atoms with Gasteiger partial charge >= 0.3 is 0 Å². The Morgan fingerprint density at radius 2 is 2.23 bits per heavy atom. The summed E-state index contributed by atoms with van der Waals surface area (Å²) >= 11 is 0. The van der Waals surface area contributed by atoms with Gasteiger partial charge in [-0.25, -0.2) is 4.68 Å². The van der Waals surface area contributed by atoms with Crippen molar-refractivity contribution >= 4 is 11.7 Å². The molecule has 1 N–H and O–H groups in total. The molecule has 0 saturated carbocycles. The van der Waals surface area contributed by atoms with E-state index in [1.54, 1.807) is 17.1 Å². The molecule has 0 radical (unpaired) electrons. The van der Waals surface area contributed by atoms with Gasteiger partial charge < -0.3 is 5.32 Å². The minimum Gasteiger partial charge on any atom is -0.328 e. The van der Waals surface area contributed by atoms with Gasteiger partial charge in [0.15, 0.2) is 5.78 Å². The third-order valence-corrected chi connectivity index (χ3v) is 4.27. The molecule has 1 atom stereocenters. The molecule has 3 heterocycles. The number of hydrogen-bond donors (Lipinski definition) is 1. The molecule has 2 aromatic rings. The highest BCUT2D eigenvalue weighted by molar-refractivity contribution is 6.00. The zero-order chi connectivity index (χ0) is 15.3. The predicted molar refractivity (Wildman–Crippen MR) is 81.1 cm³/mol. The molecule has 1 aliphatic heterocycles. The monoisotopic (exact) mass is 295 g/mol. The number of nitrogens with one attached hydrogen (secondary N) is 1. The van der Waals surface area contributed by atoms with Gasteiger partial charge in [0.25, 0.3) is 0 Å². The normalized spacial score (nSPS) is 22.8. The fourth-order valence-corrected chi connectivity index (χ4v) is 3.39. The first-order valence-corrected chi connectivity index (χ1v) is 7.38. The molecule has 2 aliphatic rings. The number of nitrogens with zero attached hydrogens (tertiary/aromatic N) is 4. The van der Waals surface area contributed by atoms with Crippen LogP contribution in [-0.4, -0.2) is 25.5 Å². The van der Waals surface area contributed by atoms with E-state index >= 15 is 0 Å². The number of fused-ring (bicyclic) bond motifs is 1. The van der Waals surface area contributed by atoms with Crippen LogP contribution < -0.4 is 5.32 Å². The van der Waals surface area contributed by atoms with Gasteiger partial charge in [0.2, 0.25) is 5.95 Å². The molecule has 0 bridgehead atoms. The summed E-state index contributed by atoms with van der Waals surface area (Å²) in [7, 11) is 0. The summed E-state index contributed by atoms with van der Waals surface area (Å²) in [4.78, 5) is 21.2. The molecule has 6 nitrogen and oxygen atoms in total. The fourth-order valence-electron chi connectivity index (χ4n) is 3.39. The summed E-state index contributed by atoms with van der Waals surface area (Å²) in [6, 6.07) is 3.61. The molecule has 22 heavy (non-hydrogen) atoms. The predicted octanol–water partition coefficient (Wildman–Crippen LogP) is 2.33. The van der Waals surface area contributed by atoms with Gasteiger partial charge in [-0.2, -0.15) is 10.1 Å². The summed E-state index contributed by atoms with van der Waals surface area (Å²) in [6.45, 7) is 4.24. The summed E-state index contributed by atoms with van der Waals surface area (Å²) in [5.41, 5.74) is 2.68. The van der Waals surface area contributed by atoms with Crippen LogP contribution in [0.25, 0.3) is 0 Å². The molecule has 4 rings (SSSR count). The molecular weight excluding hydrogens is 278 g/mol. The first-order valence-electron chi connectivity index (χ1n) is 7.38. The van der Waals surface area contributed by atoms with Crippen molar-refractivity contribution in [2.24, 2.45) is 5.41 Å². The van der Waals surface area contributed by atoms with E-state index in [4.69, 9.17) is 0 Å². The Balaban J connectivity index is 1.91. The third kappa shape index (κ3) is 1.94. The number of ketones is 1. The van der Waals surface area contributed by atoms with Gasteiger partial charge in [-0.05, 0) is 23.5 Å². The largest absolute Gasteiger partial charge is 0.328 e. The van der Waals surface area contributed by atoms with E-state index in [1.807, 2.05) is 12.1 Å². The van der Waals surface area contributed by atoms with Crippen LogP contribution >= 0.6 is 0 Å². The summed E-state index contributed by atoms with van der Waals surface area (Å²) in [5, 5.41) is 7.60. The number of anilines is 1. The first kappa shape index (κ1) is 13.2. The highest BCUT2D eigenvalue weighted by Gasteiger charge is 2.41. The maximum atomic E-state index is 12.8. The van der Waals surface area contributed by atoms with Crippen molar-refractivity contribution in [2.45, 2.75) is 32.7 Å². The van der Waals surface area contributed by atoms with Crippen molar-refractivity contribution in [3.8, 4) is 0 Å². The van der Waals surface area contributed by atoms with Crippen LogP contribution in [0.5, 0.6) is 0 Å². The van der Waals surface area contributed by atoms with Crippen LogP contribution in [0.4, 0.5) is 5.95 Å². The number of carbonyl (C=O) groups is 1. The third-order valence-electron chi connectivity index (χ3n) is 4.27. The van der Waals surface area contributed by atoms with Crippen LogP contribution in [0.15, 0.2) is 42.1 Å². The van der Waals surface area contributed by atoms with E-state index in [1.165, 1.54) is 6.33 Å². The zero-order valence-electron chi connectivity index (χ0n) is 12.6. The van der Waals surface area contributed by atoms with E-state index in [0.717, 1.165) is 23.3 Å². The number of Topliss-reactive ketones (excluding diaryl/α,β-unsaturated/α-hetero) is 1. The molecule has 0 aromatic carbocycles. The molecular formula is C16H17N5O. The van der Waals surface area contributed by atoms with Crippen molar-refractivity contribution in [1.29, 1.82) is 0 Å². The topological polar surface area (TPSA) is 72.7 Å². The van der Waals surface area contributed by atoms with Gasteiger partial charge in [0, 0.05) is 30.1 Å². The quantitative estimate of drug-likeness (QED) is 0.874. The van der Waals surface area contributed by atoms with Crippen LogP contribution in [0.3, 0.4) is 0 Å². The average Bonchev–Trinajstić information content (AvgIpc) is 2.92. The SMILES string of the molecule is CC1(C)CC(=O)C2=C(C1)Nc1ncnn1C2c1cccnc1. The second-order valence-corrected chi connectivity index (χ2v) is 6.68. The Kier molecular flexibility index (Phi) is 2.69. The molecule has 0 saturated heterocycles. The van der Waals surface area contributed by atoms with Crippen LogP contribution in [-0.2, 0) is 4.79 Å². The van der Waals surface area contributed by atoms with Gasteiger partial charge in [-0.15, -0.1) is 0 Å². The number of rotatable bonds is 1. The van der Waals surface area contributed by atoms with E-state index < -0.39 is 0 Å². The lowest BCUT2D eigenvalue weighted by atomic mass is 9.73. The number of hydrogen-bond acceptors (Lipinski definition) is 5. The van der Waals surface area contributed by atoms with Gasteiger partial charge in [0.05, 0.1) is 0 Å². The first-order chi connectivity index (χ1) is 10.6. The minimum atomic E-state index is -0.244. The van der Waals surface area contributed by atoms with Gasteiger partial charge in [0.1, 0.15) is 12.4 Å². The van der Waals surface area contributed by atoms with E-state index in [2.05, 4.69) is 34.2 Å². The van der Waals surface area contributed by atoms with Crippen molar-refractivity contribution in [3.05, 3.63) is 47.7 Å². The smallest absolute Gasteiger partial charge is 0.226 e. The Labute approximate surface area is 128 Å². The Hall–Kier alpha value is -2.50.